The van der Waals surface area contributed by atoms with Gasteiger partial charge < -0.3 is 15.3 Å². The van der Waals surface area contributed by atoms with Crippen molar-refractivity contribution >= 4 is 6.03 Å². The first-order chi connectivity index (χ1) is 8.97. The van der Waals surface area contributed by atoms with Gasteiger partial charge in [0, 0.05) is 32.9 Å². The van der Waals surface area contributed by atoms with E-state index in [1.54, 1.807) is 7.05 Å². The number of hydrogen-bond acceptors (Lipinski definition) is 3. The van der Waals surface area contributed by atoms with Crippen molar-refractivity contribution in [3.63, 3.8) is 0 Å². The molecule has 0 saturated carbocycles. The molecule has 0 aliphatic carbocycles. The number of carbonyl (C=O) groups excluding carboxylic acids is 1. The van der Waals surface area contributed by atoms with Gasteiger partial charge in [-0.1, -0.05) is 0 Å². The van der Waals surface area contributed by atoms with E-state index >= 15 is 0 Å². The molecule has 2 amide bonds. The first kappa shape index (κ1) is 15.5. The van der Waals surface area contributed by atoms with Crippen LogP contribution in [0, 0.1) is 13.8 Å². The smallest absolute Gasteiger partial charge is 0.317 e. The highest BCUT2D eigenvalue weighted by Gasteiger charge is 2.10. The van der Waals surface area contributed by atoms with Crippen LogP contribution in [0.3, 0.4) is 0 Å². The van der Waals surface area contributed by atoms with Gasteiger partial charge in [-0.3, -0.25) is 4.68 Å². The second-order valence-electron chi connectivity index (χ2n) is 4.75. The molecular weight excluding hydrogens is 244 g/mol. The third-order valence-electron chi connectivity index (χ3n) is 3.32. The standard InChI is InChI=1S/C13H24N4O2/c1-10-12(11(2)17(4)15-10)6-5-7-14-13(19)16(3)8-9-18/h18H,5-9H2,1-4H3,(H,14,19). The lowest BCUT2D eigenvalue weighted by Crippen LogP contribution is -2.39. The van der Waals surface area contributed by atoms with Crippen molar-refractivity contribution in [3.05, 3.63) is 17.0 Å². The van der Waals surface area contributed by atoms with Crippen molar-refractivity contribution in [2.75, 3.05) is 26.7 Å². The maximum atomic E-state index is 11.6. The second kappa shape index (κ2) is 7.13. The number of aliphatic hydroxyl groups excluding tert-OH is 1. The van der Waals surface area contributed by atoms with Gasteiger partial charge in [0.05, 0.1) is 12.3 Å². The number of carbonyl (C=O) groups is 1. The van der Waals surface area contributed by atoms with Crippen LogP contribution in [0.15, 0.2) is 0 Å². The highest BCUT2D eigenvalue weighted by molar-refractivity contribution is 5.73. The zero-order chi connectivity index (χ0) is 14.4. The molecule has 0 saturated heterocycles. The van der Waals surface area contributed by atoms with E-state index in [1.807, 2.05) is 18.7 Å². The van der Waals surface area contributed by atoms with Crippen LogP contribution in [-0.4, -0.2) is 52.6 Å². The van der Waals surface area contributed by atoms with E-state index in [0.717, 1.165) is 18.5 Å². The van der Waals surface area contributed by atoms with Gasteiger partial charge in [0.15, 0.2) is 0 Å². The van der Waals surface area contributed by atoms with Gasteiger partial charge in [0.1, 0.15) is 0 Å². The first-order valence-electron chi connectivity index (χ1n) is 6.56. The van der Waals surface area contributed by atoms with E-state index in [9.17, 15) is 4.79 Å². The Labute approximate surface area is 114 Å². The topological polar surface area (TPSA) is 70.4 Å². The van der Waals surface area contributed by atoms with Gasteiger partial charge in [-0.15, -0.1) is 0 Å². The molecule has 0 radical (unpaired) electrons. The summed E-state index contributed by atoms with van der Waals surface area (Å²) in [5.41, 5.74) is 3.51. The van der Waals surface area contributed by atoms with Crippen molar-refractivity contribution in [1.82, 2.24) is 20.0 Å². The SMILES string of the molecule is Cc1nn(C)c(C)c1CCCNC(=O)N(C)CCO. The molecule has 0 atom stereocenters. The van der Waals surface area contributed by atoms with Crippen LogP contribution >= 0.6 is 0 Å². The van der Waals surface area contributed by atoms with Gasteiger partial charge in [0.25, 0.3) is 0 Å². The van der Waals surface area contributed by atoms with E-state index in [-0.39, 0.29) is 12.6 Å². The molecule has 19 heavy (non-hydrogen) atoms. The lowest BCUT2D eigenvalue weighted by atomic mass is 10.1. The van der Waals surface area contributed by atoms with E-state index in [1.165, 1.54) is 16.2 Å². The van der Waals surface area contributed by atoms with Crippen molar-refractivity contribution in [2.45, 2.75) is 26.7 Å². The molecular formula is C13H24N4O2. The van der Waals surface area contributed by atoms with Crippen LogP contribution in [0.4, 0.5) is 4.79 Å². The molecule has 0 spiro atoms. The third-order valence-corrected chi connectivity index (χ3v) is 3.32. The maximum Gasteiger partial charge on any atom is 0.317 e. The highest BCUT2D eigenvalue weighted by Crippen LogP contribution is 2.13. The number of aromatic nitrogens is 2. The molecule has 1 aromatic rings. The van der Waals surface area contributed by atoms with Gasteiger partial charge >= 0.3 is 6.03 Å². The number of aryl methyl sites for hydroxylation is 2. The summed E-state index contributed by atoms with van der Waals surface area (Å²) in [6, 6.07) is -0.145. The third kappa shape index (κ3) is 4.24. The van der Waals surface area contributed by atoms with Crippen LogP contribution in [0.25, 0.3) is 0 Å². The van der Waals surface area contributed by atoms with Crippen LogP contribution < -0.4 is 5.32 Å². The van der Waals surface area contributed by atoms with Gasteiger partial charge in [-0.05, 0) is 32.3 Å². The summed E-state index contributed by atoms with van der Waals surface area (Å²) in [7, 11) is 3.61. The van der Waals surface area contributed by atoms with Crippen LogP contribution in [-0.2, 0) is 13.5 Å². The fourth-order valence-corrected chi connectivity index (χ4v) is 2.03. The van der Waals surface area contributed by atoms with Crippen molar-refractivity contribution in [1.29, 1.82) is 0 Å². The van der Waals surface area contributed by atoms with Gasteiger partial charge in [0.2, 0.25) is 0 Å². The maximum absolute atomic E-state index is 11.6. The average molecular weight is 268 g/mol. The van der Waals surface area contributed by atoms with E-state index in [4.69, 9.17) is 5.11 Å². The monoisotopic (exact) mass is 268 g/mol. The minimum absolute atomic E-state index is 0.0159. The molecule has 0 fully saturated rings. The minimum Gasteiger partial charge on any atom is -0.395 e. The van der Waals surface area contributed by atoms with Crippen LogP contribution in [0.5, 0.6) is 0 Å². The van der Waals surface area contributed by atoms with E-state index < -0.39 is 0 Å². The summed E-state index contributed by atoms with van der Waals surface area (Å²) in [5.74, 6) is 0. The largest absolute Gasteiger partial charge is 0.395 e. The number of nitrogens with one attached hydrogen (secondary N) is 1. The summed E-state index contributed by atoms with van der Waals surface area (Å²) in [4.78, 5) is 13.0. The Balaban J connectivity index is 2.33. The molecule has 1 heterocycles. The average Bonchev–Trinajstić information content (AvgIpc) is 2.60. The Kier molecular flexibility index (Phi) is 5.82. The molecule has 108 valence electrons. The van der Waals surface area contributed by atoms with Crippen molar-refractivity contribution in [3.8, 4) is 0 Å². The predicted octanol–water partition coefficient (Wildman–Crippen LogP) is 0.603. The van der Waals surface area contributed by atoms with Crippen molar-refractivity contribution in [2.24, 2.45) is 7.05 Å². The highest BCUT2D eigenvalue weighted by atomic mass is 16.3. The predicted molar refractivity (Wildman–Crippen MR) is 74.1 cm³/mol. The Hall–Kier alpha value is -1.56. The summed E-state index contributed by atoms with van der Waals surface area (Å²) < 4.78 is 1.89. The van der Waals surface area contributed by atoms with Crippen molar-refractivity contribution < 1.29 is 9.90 Å². The molecule has 0 aromatic carbocycles. The lowest BCUT2D eigenvalue weighted by molar-refractivity contribution is 0.190. The Morgan fingerprint density at radius 1 is 1.47 bits per heavy atom. The molecule has 6 heteroatoms. The number of nitrogens with zero attached hydrogens (tertiary/aromatic N) is 3. The van der Waals surface area contributed by atoms with Crippen LogP contribution in [0.1, 0.15) is 23.4 Å². The fourth-order valence-electron chi connectivity index (χ4n) is 2.03. The Bertz CT molecular complexity index is 429. The number of aliphatic hydroxyl groups is 1. The quantitative estimate of drug-likeness (QED) is 0.742. The lowest BCUT2D eigenvalue weighted by Gasteiger charge is -2.16. The summed E-state index contributed by atoms with van der Waals surface area (Å²) >= 11 is 0. The van der Waals surface area contributed by atoms with E-state index in [2.05, 4.69) is 17.3 Å². The molecule has 1 aromatic heterocycles. The molecule has 1 rings (SSSR count). The normalized spacial score (nSPS) is 10.6. The number of urea groups is 1. The molecule has 0 aliphatic rings. The second-order valence-corrected chi connectivity index (χ2v) is 4.75. The molecule has 6 nitrogen and oxygen atoms in total. The molecule has 0 aliphatic heterocycles. The fraction of sp³-hybridized carbons (Fsp3) is 0.692. The minimum atomic E-state index is -0.145. The summed E-state index contributed by atoms with van der Waals surface area (Å²) in [6.07, 6.45) is 1.79. The number of rotatable bonds is 6. The molecule has 0 bridgehead atoms. The first-order valence-corrected chi connectivity index (χ1v) is 6.56. The van der Waals surface area contributed by atoms with Gasteiger partial charge in [-0.2, -0.15) is 5.10 Å². The summed E-state index contributed by atoms with van der Waals surface area (Å²) in [6.45, 7) is 5.03. The van der Waals surface area contributed by atoms with Gasteiger partial charge in [-0.25, -0.2) is 4.79 Å². The number of likely N-dealkylation sites (N-methyl/N-ethyl adjacent to an activating group) is 1. The zero-order valence-corrected chi connectivity index (χ0v) is 12.2. The number of amides is 2. The molecule has 2 N–H and O–H groups in total. The molecule has 0 unspecified atom stereocenters. The Morgan fingerprint density at radius 2 is 2.16 bits per heavy atom. The van der Waals surface area contributed by atoms with E-state index in [0.29, 0.717) is 13.1 Å². The zero-order valence-electron chi connectivity index (χ0n) is 12.2. The Morgan fingerprint density at radius 3 is 2.68 bits per heavy atom. The van der Waals surface area contributed by atoms with Crippen LogP contribution in [0.2, 0.25) is 0 Å². The number of hydrogen-bond donors (Lipinski definition) is 2. The summed E-state index contributed by atoms with van der Waals surface area (Å²) in [5, 5.41) is 15.9.